The van der Waals surface area contributed by atoms with E-state index >= 15 is 0 Å². The molecule has 1 amide bonds. The zero-order chi connectivity index (χ0) is 15.6. The van der Waals surface area contributed by atoms with E-state index in [4.69, 9.17) is 18.9 Å². The van der Waals surface area contributed by atoms with Crippen LogP contribution in [0.15, 0.2) is 24.3 Å². The van der Waals surface area contributed by atoms with Crippen LogP contribution in [0.3, 0.4) is 0 Å². The quantitative estimate of drug-likeness (QED) is 0.576. The van der Waals surface area contributed by atoms with Crippen LogP contribution in [0, 0.1) is 5.41 Å². The maximum absolute atomic E-state index is 12.2. The Morgan fingerprint density at radius 2 is 1.73 bits per heavy atom. The predicted octanol–water partition coefficient (Wildman–Crippen LogP) is 1.12. The molecule has 0 unspecified atom stereocenters. The molecule has 2 atom stereocenters. The largest absolute Gasteiger partial charge is 0.359 e. The first kappa shape index (κ1) is 15.4. The lowest BCUT2D eigenvalue weighted by atomic mass is 9.96. The lowest BCUT2D eigenvalue weighted by Crippen LogP contribution is -2.35. The first-order valence-electron chi connectivity index (χ1n) is 7.28. The monoisotopic (exact) mass is 307 g/mol. The number of carbonyl (C=O) groups excluding carboxylic acids is 1. The predicted molar refractivity (Wildman–Crippen MR) is 78.5 cm³/mol. The summed E-state index contributed by atoms with van der Waals surface area (Å²) in [7, 11) is 3.18. The average Bonchev–Trinajstić information content (AvgIpc) is 3.15. The minimum atomic E-state index is -0.265. The molecule has 1 saturated carbocycles. The SMILES string of the molecule is COCOCC1(COCOC)[C@@H]2c3ccccc3C(=O)N[C@@H]21. The third kappa shape index (κ3) is 2.52. The summed E-state index contributed by atoms with van der Waals surface area (Å²) in [6, 6.07) is 7.74. The van der Waals surface area contributed by atoms with Gasteiger partial charge in [0, 0.05) is 37.2 Å². The minimum Gasteiger partial charge on any atom is -0.359 e. The maximum Gasteiger partial charge on any atom is 0.251 e. The van der Waals surface area contributed by atoms with E-state index in [1.165, 1.54) is 0 Å². The summed E-state index contributed by atoms with van der Waals surface area (Å²) >= 11 is 0. The molecule has 1 aliphatic heterocycles. The number of benzene rings is 1. The van der Waals surface area contributed by atoms with Crippen molar-refractivity contribution in [2.45, 2.75) is 12.0 Å². The van der Waals surface area contributed by atoms with Crippen molar-refractivity contribution < 1.29 is 23.7 Å². The molecule has 6 nitrogen and oxygen atoms in total. The molecule has 3 rings (SSSR count). The van der Waals surface area contributed by atoms with Crippen molar-refractivity contribution in [2.24, 2.45) is 5.41 Å². The van der Waals surface area contributed by atoms with Gasteiger partial charge in [0.15, 0.2) is 0 Å². The van der Waals surface area contributed by atoms with Crippen LogP contribution in [0.2, 0.25) is 0 Å². The molecule has 0 saturated heterocycles. The number of ether oxygens (including phenoxy) is 4. The van der Waals surface area contributed by atoms with Crippen molar-refractivity contribution in [3.8, 4) is 0 Å². The number of rotatable bonds is 8. The van der Waals surface area contributed by atoms with Crippen molar-refractivity contribution in [3.05, 3.63) is 35.4 Å². The van der Waals surface area contributed by atoms with E-state index in [9.17, 15) is 4.79 Å². The molecule has 1 N–H and O–H groups in total. The number of hydrogen-bond donors (Lipinski definition) is 1. The van der Waals surface area contributed by atoms with Crippen molar-refractivity contribution in [1.82, 2.24) is 5.32 Å². The van der Waals surface area contributed by atoms with Gasteiger partial charge in [0.2, 0.25) is 0 Å². The van der Waals surface area contributed by atoms with Gasteiger partial charge in [-0.15, -0.1) is 0 Å². The first-order chi connectivity index (χ1) is 10.7. The van der Waals surface area contributed by atoms with Crippen molar-refractivity contribution in [3.63, 3.8) is 0 Å². The van der Waals surface area contributed by atoms with Crippen LogP contribution in [-0.4, -0.2) is 53.0 Å². The van der Waals surface area contributed by atoms with Gasteiger partial charge < -0.3 is 24.3 Å². The molecule has 120 valence electrons. The van der Waals surface area contributed by atoms with Gasteiger partial charge in [-0.3, -0.25) is 4.79 Å². The molecule has 1 aliphatic carbocycles. The highest BCUT2D eigenvalue weighted by atomic mass is 16.7. The molecule has 0 aromatic heterocycles. The molecule has 1 heterocycles. The number of hydrogen-bond acceptors (Lipinski definition) is 5. The fourth-order valence-electron chi connectivity index (χ4n) is 3.43. The highest BCUT2D eigenvalue weighted by molar-refractivity contribution is 5.98. The Morgan fingerprint density at radius 1 is 1.09 bits per heavy atom. The maximum atomic E-state index is 12.2. The van der Waals surface area contributed by atoms with Crippen LogP contribution < -0.4 is 5.32 Å². The van der Waals surface area contributed by atoms with E-state index < -0.39 is 0 Å². The lowest BCUT2D eigenvalue weighted by Gasteiger charge is -2.17. The van der Waals surface area contributed by atoms with Gasteiger partial charge in [0.1, 0.15) is 13.6 Å². The average molecular weight is 307 g/mol. The molecular weight excluding hydrogens is 286 g/mol. The van der Waals surface area contributed by atoms with Crippen LogP contribution in [0.25, 0.3) is 0 Å². The normalized spacial score (nSPS) is 24.4. The summed E-state index contributed by atoms with van der Waals surface area (Å²) in [5.41, 5.74) is 1.54. The number of fused-ring (bicyclic) bond motifs is 3. The van der Waals surface area contributed by atoms with E-state index in [1.807, 2.05) is 24.3 Å². The Morgan fingerprint density at radius 3 is 2.36 bits per heavy atom. The number of carbonyl (C=O) groups is 1. The van der Waals surface area contributed by atoms with E-state index in [0.717, 1.165) is 11.1 Å². The second kappa shape index (κ2) is 6.34. The number of amides is 1. The summed E-state index contributed by atoms with van der Waals surface area (Å²) < 4.78 is 21.1. The van der Waals surface area contributed by atoms with Crippen LogP contribution in [0.5, 0.6) is 0 Å². The summed E-state index contributed by atoms with van der Waals surface area (Å²) in [5, 5.41) is 3.07. The highest BCUT2D eigenvalue weighted by Crippen LogP contribution is 2.61. The molecule has 6 heteroatoms. The molecule has 0 bridgehead atoms. The topological polar surface area (TPSA) is 66.0 Å². The number of nitrogens with one attached hydrogen (secondary N) is 1. The van der Waals surface area contributed by atoms with Gasteiger partial charge in [-0.25, -0.2) is 0 Å². The van der Waals surface area contributed by atoms with E-state index in [1.54, 1.807) is 14.2 Å². The van der Waals surface area contributed by atoms with Gasteiger partial charge >= 0.3 is 0 Å². The van der Waals surface area contributed by atoms with Crippen LogP contribution in [0.1, 0.15) is 21.8 Å². The van der Waals surface area contributed by atoms with E-state index in [-0.39, 0.29) is 36.9 Å². The van der Waals surface area contributed by atoms with Crippen LogP contribution in [-0.2, 0) is 18.9 Å². The molecule has 1 aromatic carbocycles. The standard InChI is InChI=1S/C16H21NO5/c1-19-9-21-7-16(8-22-10-20-2)13-11-5-3-4-6-12(11)15(18)17-14(13)16/h3-6,13-14H,7-10H2,1-2H3,(H,17,18)/t13-,14+/m1/s1. The summed E-state index contributed by atoms with van der Waals surface area (Å²) in [4.78, 5) is 12.2. The van der Waals surface area contributed by atoms with Gasteiger partial charge in [-0.2, -0.15) is 0 Å². The molecule has 22 heavy (non-hydrogen) atoms. The minimum absolute atomic E-state index is 0.0304. The Balaban J connectivity index is 1.82. The second-order valence-electron chi connectivity index (χ2n) is 5.76. The summed E-state index contributed by atoms with van der Waals surface area (Å²) in [6.07, 6.45) is 0. The smallest absolute Gasteiger partial charge is 0.251 e. The van der Waals surface area contributed by atoms with Crippen molar-refractivity contribution in [1.29, 1.82) is 0 Å². The van der Waals surface area contributed by atoms with Crippen LogP contribution in [0.4, 0.5) is 0 Å². The zero-order valence-corrected chi connectivity index (χ0v) is 12.8. The number of methoxy groups -OCH3 is 2. The Hall–Kier alpha value is -1.47. The Labute approximate surface area is 129 Å². The summed E-state index contributed by atoms with van der Waals surface area (Å²) in [5.74, 6) is 0.173. The highest BCUT2D eigenvalue weighted by Gasteiger charge is 2.68. The van der Waals surface area contributed by atoms with Gasteiger partial charge in [0.05, 0.1) is 13.2 Å². The van der Waals surface area contributed by atoms with Crippen molar-refractivity contribution in [2.75, 3.05) is 41.0 Å². The van der Waals surface area contributed by atoms with Crippen LogP contribution >= 0.6 is 0 Å². The van der Waals surface area contributed by atoms with E-state index in [2.05, 4.69) is 5.32 Å². The van der Waals surface area contributed by atoms with Crippen molar-refractivity contribution >= 4 is 5.91 Å². The second-order valence-corrected chi connectivity index (χ2v) is 5.76. The molecule has 0 radical (unpaired) electrons. The van der Waals surface area contributed by atoms with E-state index in [0.29, 0.717) is 13.2 Å². The fourth-order valence-corrected chi connectivity index (χ4v) is 3.43. The Bertz CT molecular complexity index is 537. The molecule has 1 fully saturated rings. The first-order valence-corrected chi connectivity index (χ1v) is 7.28. The van der Waals surface area contributed by atoms with Gasteiger partial charge in [-0.1, -0.05) is 18.2 Å². The lowest BCUT2D eigenvalue weighted by molar-refractivity contribution is -0.0864. The third-order valence-electron chi connectivity index (χ3n) is 4.43. The Kier molecular flexibility index (Phi) is 4.44. The van der Waals surface area contributed by atoms with Gasteiger partial charge in [0.25, 0.3) is 5.91 Å². The molecule has 0 spiro atoms. The summed E-state index contributed by atoms with van der Waals surface area (Å²) in [6.45, 7) is 1.38. The third-order valence-corrected chi connectivity index (χ3v) is 4.43. The molecular formula is C16H21NO5. The van der Waals surface area contributed by atoms with Gasteiger partial charge in [-0.05, 0) is 11.6 Å². The molecule has 2 aliphatic rings. The fraction of sp³-hybridized carbons (Fsp3) is 0.562. The molecule has 1 aromatic rings. The zero-order valence-electron chi connectivity index (χ0n) is 12.8.